The fourth-order valence-corrected chi connectivity index (χ4v) is 3.27. The SMILES string of the molecule is O=C(Nc1c(Cl)cccc1Cl)c1ccnc(NC2CCCCC2)n1. The molecule has 0 aliphatic heterocycles. The fraction of sp³-hybridized carbons (Fsp3) is 0.353. The van der Waals surface area contributed by atoms with E-state index < -0.39 is 0 Å². The summed E-state index contributed by atoms with van der Waals surface area (Å²) in [6.07, 6.45) is 7.48. The van der Waals surface area contributed by atoms with Crippen LogP contribution in [0.15, 0.2) is 30.5 Å². The van der Waals surface area contributed by atoms with Crippen LogP contribution < -0.4 is 10.6 Å². The lowest BCUT2D eigenvalue weighted by Crippen LogP contribution is -2.24. The Morgan fingerprint density at radius 3 is 2.50 bits per heavy atom. The fourth-order valence-electron chi connectivity index (χ4n) is 2.78. The number of hydrogen-bond donors (Lipinski definition) is 2. The highest BCUT2D eigenvalue weighted by atomic mass is 35.5. The van der Waals surface area contributed by atoms with Crippen LogP contribution in [0.3, 0.4) is 0 Å². The van der Waals surface area contributed by atoms with Gasteiger partial charge in [0.2, 0.25) is 5.95 Å². The molecule has 2 N–H and O–H groups in total. The number of amides is 1. The summed E-state index contributed by atoms with van der Waals surface area (Å²) in [7, 11) is 0. The van der Waals surface area contributed by atoms with Gasteiger partial charge in [-0.3, -0.25) is 4.79 Å². The van der Waals surface area contributed by atoms with Gasteiger partial charge in [-0.2, -0.15) is 0 Å². The maximum absolute atomic E-state index is 12.4. The van der Waals surface area contributed by atoms with Crippen LogP contribution in [0.1, 0.15) is 42.6 Å². The Hall–Kier alpha value is -1.85. The molecule has 1 amide bonds. The van der Waals surface area contributed by atoms with Crippen LogP contribution in [-0.4, -0.2) is 21.9 Å². The third kappa shape index (κ3) is 4.16. The summed E-state index contributed by atoms with van der Waals surface area (Å²) in [5.41, 5.74) is 0.644. The zero-order chi connectivity index (χ0) is 16.9. The first-order valence-electron chi connectivity index (χ1n) is 7.98. The molecule has 1 fully saturated rings. The van der Waals surface area contributed by atoms with Crippen LogP contribution >= 0.6 is 23.2 Å². The van der Waals surface area contributed by atoms with Crippen molar-refractivity contribution in [2.24, 2.45) is 0 Å². The van der Waals surface area contributed by atoms with Gasteiger partial charge in [-0.05, 0) is 31.0 Å². The first kappa shape index (κ1) is 17.0. The van der Waals surface area contributed by atoms with E-state index in [1.807, 2.05) is 0 Å². The molecule has 1 saturated carbocycles. The molecule has 0 atom stereocenters. The predicted octanol–water partition coefficient (Wildman–Crippen LogP) is 4.78. The Morgan fingerprint density at radius 1 is 1.08 bits per heavy atom. The number of para-hydroxylation sites is 1. The molecule has 1 aromatic carbocycles. The van der Waals surface area contributed by atoms with E-state index in [-0.39, 0.29) is 11.6 Å². The third-order valence-electron chi connectivity index (χ3n) is 4.03. The number of hydrogen-bond acceptors (Lipinski definition) is 4. The molecule has 1 aliphatic carbocycles. The van der Waals surface area contributed by atoms with Crippen LogP contribution in [-0.2, 0) is 0 Å². The van der Waals surface area contributed by atoms with Crippen molar-refractivity contribution in [3.8, 4) is 0 Å². The number of benzene rings is 1. The first-order valence-corrected chi connectivity index (χ1v) is 8.74. The third-order valence-corrected chi connectivity index (χ3v) is 4.66. The number of nitrogens with one attached hydrogen (secondary N) is 2. The van der Waals surface area contributed by atoms with Gasteiger partial charge in [0, 0.05) is 12.2 Å². The zero-order valence-corrected chi connectivity index (χ0v) is 14.6. The molecule has 0 saturated heterocycles. The second-order valence-corrected chi connectivity index (χ2v) is 6.61. The molecule has 126 valence electrons. The number of rotatable bonds is 4. The van der Waals surface area contributed by atoms with Crippen LogP contribution in [0.5, 0.6) is 0 Å². The highest BCUT2D eigenvalue weighted by Gasteiger charge is 2.16. The largest absolute Gasteiger partial charge is 0.351 e. The molecule has 3 rings (SSSR count). The maximum atomic E-state index is 12.4. The molecule has 0 spiro atoms. The van der Waals surface area contributed by atoms with Crippen molar-refractivity contribution in [3.63, 3.8) is 0 Å². The van der Waals surface area contributed by atoms with Crippen molar-refractivity contribution in [3.05, 3.63) is 46.2 Å². The average molecular weight is 365 g/mol. The van der Waals surface area contributed by atoms with Crippen molar-refractivity contribution in [1.82, 2.24) is 9.97 Å². The van der Waals surface area contributed by atoms with Gasteiger partial charge in [0.15, 0.2) is 0 Å². The monoisotopic (exact) mass is 364 g/mol. The number of carbonyl (C=O) groups excluding carboxylic acids is 1. The van der Waals surface area contributed by atoms with Gasteiger partial charge in [-0.25, -0.2) is 9.97 Å². The number of nitrogens with zero attached hydrogens (tertiary/aromatic N) is 2. The Kier molecular flexibility index (Phi) is 5.53. The minimum Gasteiger partial charge on any atom is -0.351 e. The van der Waals surface area contributed by atoms with Crippen LogP contribution in [0.25, 0.3) is 0 Å². The summed E-state index contributed by atoms with van der Waals surface area (Å²) in [4.78, 5) is 20.9. The normalized spacial score (nSPS) is 15.1. The molecule has 0 unspecified atom stereocenters. The number of carbonyl (C=O) groups is 1. The molecule has 0 bridgehead atoms. The van der Waals surface area contributed by atoms with E-state index in [4.69, 9.17) is 23.2 Å². The molecule has 24 heavy (non-hydrogen) atoms. The first-order chi connectivity index (χ1) is 11.6. The molecular formula is C17H18Cl2N4O. The quantitative estimate of drug-likeness (QED) is 0.818. The van der Waals surface area contributed by atoms with E-state index in [0.29, 0.717) is 27.7 Å². The number of halogens is 2. The van der Waals surface area contributed by atoms with Crippen LogP contribution in [0, 0.1) is 0 Å². The van der Waals surface area contributed by atoms with Crippen molar-refractivity contribution in [2.75, 3.05) is 10.6 Å². The summed E-state index contributed by atoms with van der Waals surface area (Å²) in [5.74, 6) is 0.0962. The summed E-state index contributed by atoms with van der Waals surface area (Å²) >= 11 is 12.2. The van der Waals surface area contributed by atoms with Gasteiger partial charge in [0.05, 0.1) is 15.7 Å². The molecule has 2 aromatic rings. The van der Waals surface area contributed by atoms with Crippen molar-refractivity contribution >= 4 is 40.7 Å². The van der Waals surface area contributed by atoms with Crippen LogP contribution in [0.4, 0.5) is 11.6 Å². The maximum Gasteiger partial charge on any atom is 0.274 e. The second-order valence-electron chi connectivity index (χ2n) is 5.80. The highest BCUT2D eigenvalue weighted by molar-refractivity contribution is 6.39. The molecule has 1 aliphatic rings. The number of anilines is 2. The van der Waals surface area contributed by atoms with Gasteiger partial charge < -0.3 is 10.6 Å². The Labute approximate surface area is 150 Å². The Balaban J connectivity index is 1.72. The van der Waals surface area contributed by atoms with E-state index in [1.54, 1.807) is 30.5 Å². The zero-order valence-electron chi connectivity index (χ0n) is 13.1. The van der Waals surface area contributed by atoms with Gasteiger partial charge >= 0.3 is 0 Å². The van der Waals surface area contributed by atoms with Crippen LogP contribution in [0.2, 0.25) is 10.0 Å². The van der Waals surface area contributed by atoms with E-state index in [9.17, 15) is 4.79 Å². The van der Waals surface area contributed by atoms with Crippen molar-refractivity contribution in [1.29, 1.82) is 0 Å². The summed E-state index contributed by atoms with van der Waals surface area (Å²) in [5, 5.41) is 6.77. The van der Waals surface area contributed by atoms with Gasteiger partial charge in [-0.1, -0.05) is 48.5 Å². The molecule has 5 nitrogen and oxygen atoms in total. The van der Waals surface area contributed by atoms with Gasteiger partial charge in [-0.15, -0.1) is 0 Å². The molecule has 1 heterocycles. The van der Waals surface area contributed by atoms with Crippen molar-refractivity contribution < 1.29 is 4.79 Å². The lowest BCUT2D eigenvalue weighted by atomic mass is 9.96. The minimum atomic E-state index is -0.376. The molecule has 7 heteroatoms. The van der Waals surface area contributed by atoms with E-state index in [1.165, 1.54) is 19.3 Å². The number of aromatic nitrogens is 2. The summed E-state index contributed by atoms with van der Waals surface area (Å²) < 4.78 is 0. The van der Waals surface area contributed by atoms with Gasteiger partial charge in [0.25, 0.3) is 5.91 Å². The summed E-state index contributed by atoms with van der Waals surface area (Å²) in [6, 6.07) is 6.98. The Bertz CT molecular complexity index is 712. The second kappa shape index (κ2) is 7.81. The van der Waals surface area contributed by atoms with E-state index in [2.05, 4.69) is 20.6 Å². The molecule has 1 aromatic heterocycles. The van der Waals surface area contributed by atoms with E-state index >= 15 is 0 Å². The van der Waals surface area contributed by atoms with Gasteiger partial charge in [0.1, 0.15) is 5.69 Å². The lowest BCUT2D eigenvalue weighted by molar-refractivity contribution is 0.102. The molecule has 0 radical (unpaired) electrons. The highest BCUT2D eigenvalue weighted by Crippen LogP contribution is 2.30. The Morgan fingerprint density at radius 2 is 1.79 bits per heavy atom. The predicted molar refractivity (Wildman–Crippen MR) is 96.9 cm³/mol. The average Bonchev–Trinajstić information content (AvgIpc) is 2.59. The van der Waals surface area contributed by atoms with E-state index in [0.717, 1.165) is 12.8 Å². The van der Waals surface area contributed by atoms with Crippen molar-refractivity contribution in [2.45, 2.75) is 38.1 Å². The standard InChI is InChI=1S/C17H18Cl2N4O/c18-12-7-4-8-13(19)15(12)23-16(24)14-9-10-20-17(22-14)21-11-5-2-1-3-6-11/h4,7-11H,1-3,5-6H2,(H,23,24)(H,20,21,22). The smallest absolute Gasteiger partial charge is 0.274 e. The topological polar surface area (TPSA) is 66.9 Å². The summed E-state index contributed by atoms with van der Waals surface area (Å²) in [6.45, 7) is 0. The lowest BCUT2D eigenvalue weighted by Gasteiger charge is -2.22. The minimum absolute atomic E-state index is 0.263. The molecular weight excluding hydrogens is 347 g/mol.